The Hall–Kier alpha value is -2.55. The minimum atomic E-state index is -0.0130. The van der Waals surface area contributed by atoms with Crippen LogP contribution in [-0.4, -0.2) is 71.1 Å². The van der Waals surface area contributed by atoms with Gasteiger partial charge in [-0.15, -0.1) is 0 Å². The van der Waals surface area contributed by atoms with Crippen LogP contribution in [0.25, 0.3) is 22.5 Å². The Morgan fingerprint density at radius 2 is 1.90 bits per heavy atom. The molecular weight excluding hydrogens is 394 g/mol. The Morgan fingerprint density at radius 1 is 1.10 bits per heavy atom. The number of nitrogens with zero attached hydrogens (tertiary/aromatic N) is 5. The maximum Gasteiger partial charge on any atom is 0.227 e. The van der Waals surface area contributed by atoms with Crippen molar-refractivity contribution in [3.63, 3.8) is 0 Å². The molecule has 2 fully saturated rings. The lowest BCUT2D eigenvalue weighted by atomic mass is 9.93. The molecule has 0 unspecified atom stereocenters. The molecule has 0 bridgehead atoms. The summed E-state index contributed by atoms with van der Waals surface area (Å²) in [4.78, 5) is 14.5. The van der Waals surface area contributed by atoms with Gasteiger partial charge in [-0.3, -0.25) is 0 Å². The molecular formula is C23H29N5O3. The van der Waals surface area contributed by atoms with E-state index in [1.807, 2.05) is 24.3 Å². The van der Waals surface area contributed by atoms with Gasteiger partial charge in [-0.2, -0.15) is 0 Å². The van der Waals surface area contributed by atoms with Crippen LogP contribution in [-0.2, 0) is 11.3 Å². The van der Waals surface area contributed by atoms with Crippen molar-refractivity contribution in [3.05, 3.63) is 35.5 Å². The number of piperidine rings is 1. The van der Waals surface area contributed by atoms with Crippen molar-refractivity contribution in [3.8, 4) is 11.4 Å². The van der Waals surface area contributed by atoms with Crippen molar-refractivity contribution >= 4 is 16.9 Å². The SMILES string of the molecule is CCN1CCC(c2noc3c(N4CCOCC4)nc(-c4cccc(CO)c4)nc23)CC1. The summed E-state index contributed by atoms with van der Waals surface area (Å²) in [6.45, 7) is 8.27. The second-order valence-electron chi connectivity index (χ2n) is 8.28. The first-order valence-corrected chi connectivity index (χ1v) is 11.2. The van der Waals surface area contributed by atoms with Crippen molar-refractivity contribution in [2.45, 2.75) is 32.3 Å². The highest BCUT2D eigenvalue weighted by Gasteiger charge is 2.29. The normalized spacial score (nSPS) is 18.7. The highest BCUT2D eigenvalue weighted by Crippen LogP contribution is 2.36. The van der Waals surface area contributed by atoms with Crippen molar-refractivity contribution < 1.29 is 14.4 Å². The van der Waals surface area contributed by atoms with Gasteiger partial charge in [0.25, 0.3) is 0 Å². The van der Waals surface area contributed by atoms with Crippen LogP contribution in [0.5, 0.6) is 0 Å². The van der Waals surface area contributed by atoms with Crippen molar-refractivity contribution in [1.82, 2.24) is 20.0 Å². The Labute approximate surface area is 181 Å². The first kappa shape index (κ1) is 20.4. The van der Waals surface area contributed by atoms with E-state index in [0.29, 0.717) is 30.5 Å². The van der Waals surface area contributed by atoms with Crippen LogP contribution < -0.4 is 4.90 Å². The van der Waals surface area contributed by atoms with Crippen LogP contribution in [0.3, 0.4) is 0 Å². The molecule has 2 aliphatic heterocycles. The van der Waals surface area contributed by atoms with E-state index < -0.39 is 0 Å². The van der Waals surface area contributed by atoms with Gasteiger partial charge < -0.3 is 24.2 Å². The van der Waals surface area contributed by atoms with Gasteiger partial charge in [0.1, 0.15) is 11.2 Å². The topological polar surface area (TPSA) is 87.8 Å². The van der Waals surface area contributed by atoms with Crippen LogP contribution in [0.1, 0.15) is 36.9 Å². The fraction of sp³-hybridized carbons (Fsp3) is 0.522. The molecule has 0 spiro atoms. The Balaban J connectivity index is 1.60. The maximum atomic E-state index is 9.57. The summed E-state index contributed by atoms with van der Waals surface area (Å²) in [5.74, 6) is 1.76. The molecule has 0 radical (unpaired) electrons. The molecule has 3 aromatic rings. The lowest BCUT2D eigenvalue weighted by molar-refractivity contribution is 0.122. The lowest BCUT2D eigenvalue weighted by Crippen LogP contribution is -2.37. The highest BCUT2D eigenvalue weighted by molar-refractivity contribution is 5.88. The molecule has 2 aromatic heterocycles. The predicted molar refractivity (Wildman–Crippen MR) is 118 cm³/mol. The van der Waals surface area contributed by atoms with E-state index in [1.54, 1.807) is 0 Å². The molecule has 0 atom stereocenters. The predicted octanol–water partition coefficient (Wildman–Crippen LogP) is 2.81. The number of hydrogen-bond donors (Lipinski definition) is 1. The molecule has 0 amide bonds. The summed E-state index contributed by atoms with van der Waals surface area (Å²) in [5.41, 5.74) is 4.15. The molecule has 4 heterocycles. The molecule has 164 valence electrons. The third-order valence-electron chi connectivity index (χ3n) is 6.43. The second kappa shape index (κ2) is 8.90. The molecule has 2 aliphatic rings. The molecule has 5 rings (SSSR count). The van der Waals surface area contributed by atoms with E-state index in [4.69, 9.17) is 19.2 Å². The van der Waals surface area contributed by atoms with Gasteiger partial charge in [-0.1, -0.05) is 30.3 Å². The van der Waals surface area contributed by atoms with Gasteiger partial charge in [0, 0.05) is 24.6 Å². The van der Waals surface area contributed by atoms with Gasteiger partial charge in [0.2, 0.25) is 5.58 Å². The molecule has 2 saturated heterocycles. The van der Waals surface area contributed by atoms with Crippen LogP contribution >= 0.6 is 0 Å². The van der Waals surface area contributed by atoms with Crippen LogP contribution in [0.4, 0.5) is 5.82 Å². The fourth-order valence-electron chi connectivity index (χ4n) is 4.55. The number of aliphatic hydroxyl groups excluding tert-OH is 1. The molecule has 31 heavy (non-hydrogen) atoms. The van der Waals surface area contributed by atoms with Crippen LogP contribution in [0.2, 0.25) is 0 Å². The Morgan fingerprint density at radius 3 is 2.65 bits per heavy atom. The standard InChI is InChI=1S/C23H29N5O3/c1-2-27-8-6-17(7-9-27)19-20-21(31-26-19)23(28-10-12-30-13-11-28)25-22(24-20)18-5-3-4-16(14-18)15-29/h3-5,14,17,29H,2,6-13,15H2,1H3. The highest BCUT2D eigenvalue weighted by atomic mass is 16.5. The number of fused-ring (bicyclic) bond motifs is 1. The number of aromatic nitrogens is 3. The summed E-state index contributed by atoms with van der Waals surface area (Å²) in [5, 5.41) is 14.1. The molecule has 1 N–H and O–H groups in total. The van der Waals surface area contributed by atoms with Crippen LogP contribution in [0, 0.1) is 0 Å². The van der Waals surface area contributed by atoms with Crippen molar-refractivity contribution in [2.75, 3.05) is 50.8 Å². The summed E-state index contributed by atoms with van der Waals surface area (Å²) < 4.78 is 11.4. The molecule has 0 saturated carbocycles. The second-order valence-corrected chi connectivity index (χ2v) is 8.28. The van der Waals surface area contributed by atoms with Gasteiger partial charge in [0.05, 0.1) is 19.8 Å². The number of rotatable bonds is 5. The van der Waals surface area contributed by atoms with Crippen molar-refractivity contribution in [2.24, 2.45) is 0 Å². The summed E-state index contributed by atoms with van der Waals surface area (Å²) in [6, 6.07) is 7.75. The van der Waals surface area contributed by atoms with E-state index in [9.17, 15) is 5.11 Å². The zero-order chi connectivity index (χ0) is 21.2. The van der Waals surface area contributed by atoms with Gasteiger partial charge >= 0.3 is 0 Å². The lowest BCUT2D eigenvalue weighted by Gasteiger charge is -2.30. The zero-order valence-corrected chi connectivity index (χ0v) is 18.0. The smallest absolute Gasteiger partial charge is 0.227 e. The van der Waals surface area contributed by atoms with E-state index in [2.05, 4.69) is 21.9 Å². The number of benzene rings is 1. The molecule has 8 heteroatoms. The van der Waals surface area contributed by atoms with Crippen LogP contribution in [0.15, 0.2) is 28.8 Å². The maximum absolute atomic E-state index is 9.57. The number of likely N-dealkylation sites (tertiary alicyclic amines) is 1. The minimum Gasteiger partial charge on any atom is -0.392 e. The third-order valence-corrected chi connectivity index (χ3v) is 6.43. The first-order chi connectivity index (χ1) is 15.3. The van der Waals surface area contributed by atoms with Gasteiger partial charge in [0.15, 0.2) is 11.6 Å². The quantitative estimate of drug-likeness (QED) is 0.670. The molecule has 1 aromatic carbocycles. The number of anilines is 1. The average molecular weight is 424 g/mol. The summed E-state index contributed by atoms with van der Waals surface area (Å²) >= 11 is 0. The van der Waals surface area contributed by atoms with Gasteiger partial charge in [-0.05, 0) is 44.1 Å². The summed E-state index contributed by atoms with van der Waals surface area (Å²) in [6.07, 6.45) is 2.11. The van der Waals surface area contributed by atoms with E-state index in [1.165, 1.54) is 0 Å². The van der Waals surface area contributed by atoms with E-state index in [-0.39, 0.29) is 6.61 Å². The minimum absolute atomic E-state index is 0.0130. The van der Waals surface area contributed by atoms with E-state index in [0.717, 1.165) is 73.7 Å². The van der Waals surface area contributed by atoms with E-state index >= 15 is 0 Å². The number of morpholine rings is 1. The third kappa shape index (κ3) is 4.03. The van der Waals surface area contributed by atoms with Crippen molar-refractivity contribution in [1.29, 1.82) is 0 Å². The number of hydrogen-bond acceptors (Lipinski definition) is 8. The zero-order valence-electron chi connectivity index (χ0n) is 18.0. The Kier molecular flexibility index (Phi) is 5.85. The number of ether oxygens (including phenoxy) is 1. The first-order valence-electron chi connectivity index (χ1n) is 11.2. The van der Waals surface area contributed by atoms with Gasteiger partial charge in [-0.25, -0.2) is 9.97 Å². The largest absolute Gasteiger partial charge is 0.392 e. The number of aliphatic hydroxyl groups is 1. The molecule has 8 nitrogen and oxygen atoms in total. The monoisotopic (exact) mass is 423 g/mol. The Bertz CT molecular complexity index is 1040. The summed E-state index contributed by atoms with van der Waals surface area (Å²) in [7, 11) is 0. The molecule has 0 aliphatic carbocycles. The average Bonchev–Trinajstić information content (AvgIpc) is 3.28. The fourth-order valence-corrected chi connectivity index (χ4v) is 4.55.